The third-order valence-electron chi connectivity index (χ3n) is 1.62. The largest absolute Gasteiger partial charge is 0.380 e. The van der Waals surface area contributed by atoms with E-state index >= 15 is 0 Å². The predicted molar refractivity (Wildman–Crippen MR) is 33.2 cm³/mol. The average Bonchev–Trinajstić information content (AvgIpc) is 2.36. The van der Waals surface area contributed by atoms with E-state index in [1.165, 1.54) is 0 Å². The monoisotopic (exact) mass is 163 g/mol. The molecular weight excluding hydrogens is 156 g/mol. The van der Waals surface area contributed by atoms with Crippen LogP contribution in [-0.4, -0.2) is 25.7 Å². The van der Waals surface area contributed by atoms with Gasteiger partial charge in [-0.05, 0) is 5.53 Å². The molecule has 2 atom stereocenters. The van der Waals surface area contributed by atoms with Gasteiger partial charge in [-0.2, -0.15) is 0 Å². The summed E-state index contributed by atoms with van der Waals surface area (Å²) in [6.45, 7) is 0.0976. The van der Waals surface area contributed by atoms with E-state index in [1.807, 2.05) is 0 Å². The van der Waals surface area contributed by atoms with Crippen LogP contribution in [0.2, 0.25) is 0 Å². The van der Waals surface area contributed by atoms with Crippen molar-refractivity contribution in [1.29, 1.82) is 0 Å². The second-order valence-electron chi connectivity index (χ2n) is 2.31. The van der Waals surface area contributed by atoms with Gasteiger partial charge in [0.05, 0.1) is 25.2 Å². The van der Waals surface area contributed by atoms with Crippen molar-refractivity contribution in [2.75, 3.05) is 13.2 Å². The van der Waals surface area contributed by atoms with Gasteiger partial charge in [0.1, 0.15) is 0 Å². The van der Waals surface area contributed by atoms with Crippen LogP contribution in [0.5, 0.6) is 0 Å². The summed E-state index contributed by atoms with van der Waals surface area (Å²) in [6, 6.07) is -0.694. The molecule has 1 fully saturated rings. The molecular formula is C5H7F2N3O. The van der Waals surface area contributed by atoms with E-state index in [1.54, 1.807) is 0 Å². The van der Waals surface area contributed by atoms with Gasteiger partial charge < -0.3 is 4.74 Å². The van der Waals surface area contributed by atoms with Crippen molar-refractivity contribution in [2.24, 2.45) is 11.0 Å². The third-order valence-corrected chi connectivity index (χ3v) is 1.62. The Labute approximate surface area is 61.8 Å². The van der Waals surface area contributed by atoms with Gasteiger partial charge in [-0.25, -0.2) is 8.78 Å². The first kappa shape index (κ1) is 8.23. The van der Waals surface area contributed by atoms with Crippen LogP contribution in [0.4, 0.5) is 8.78 Å². The van der Waals surface area contributed by atoms with E-state index in [4.69, 9.17) is 10.3 Å². The Hall–Kier alpha value is -0.870. The van der Waals surface area contributed by atoms with Gasteiger partial charge >= 0.3 is 0 Å². The van der Waals surface area contributed by atoms with Gasteiger partial charge in [-0.3, -0.25) is 0 Å². The van der Waals surface area contributed by atoms with Crippen molar-refractivity contribution in [1.82, 2.24) is 0 Å². The molecule has 0 aliphatic carbocycles. The highest BCUT2D eigenvalue weighted by molar-refractivity contribution is 4.82. The lowest BCUT2D eigenvalue weighted by Crippen LogP contribution is -2.22. The Balaban J connectivity index is 2.57. The molecule has 1 heterocycles. The summed E-state index contributed by atoms with van der Waals surface area (Å²) in [4.78, 5) is 2.46. The maximum absolute atomic E-state index is 12.1. The van der Waals surface area contributed by atoms with Crippen LogP contribution in [0.15, 0.2) is 5.11 Å². The van der Waals surface area contributed by atoms with E-state index in [9.17, 15) is 8.78 Å². The van der Waals surface area contributed by atoms with Crippen molar-refractivity contribution >= 4 is 0 Å². The number of hydrogen-bond acceptors (Lipinski definition) is 2. The van der Waals surface area contributed by atoms with Gasteiger partial charge in [0.2, 0.25) is 6.43 Å². The smallest absolute Gasteiger partial charge is 0.244 e. The minimum atomic E-state index is -2.46. The molecule has 11 heavy (non-hydrogen) atoms. The minimum Gasteiger partial charge on any atom is -0.380 e. The molecule has 62 valence electrons. The first-order chi connectivity index (χ1) is 5.25. The first-order valence-electron chi connectivity index (χ1n) is 3.16. The van der Waals surface area contributed by atoms with Crippen LogP contribution in [-0.2, 0) is 4.74 Å². The van der Waals surface area contributed by atoms with Gasteiger partial charge in [-0.1, -0.05) is 5.11 Å². The molecule has 1 saturated heterocycles. The van der Waals surface area contributed by atoms with Crippen LogP contribution < -0.4 is 0 Å². The second kappa shape index (κ2) is 3.50. The zero-order valence-corrected chi connectivity index (χ0v) is 5.65. The average molecular weight is 163 g/mol. The standard InChI is InChI=1S/C5H7F2N3O/c6-5(7)3-1-11-2-4(3)9-10-8/h3-5H,1-2H2/t3-,4+/m1/s1. The maximum atomic E-state index is 12.1. The van der Waals surface area contributed by atoms with E-state index in [0.29, 0.717) is 0 Å². The molecule has 6 heteroatoms. The SMILES string of the molecule is [N-]=[N+]=N[C@H]1COC[C@H]1C(F)F. The third kappa shape index (κ3) is 1.78. The Kier molecular flexibility index (Phi) is 2.62. The van der Waals surface area contributed by atoms with Crippen LogP contribution in [0.3, 0.4) is 0 Å². The molecule has 0 aromatic rings. The normalized spacial score (nSPS) is 30.5. The molecule has 0 amide bonds. The molecule has 1 aliphatic heterocycles. The van der Waals surface area contributed by atoms with Crippen LogP contribution in [0.1, 0.15) is 0 Å². The summed E-state index contributed by atoms with van der Waals surface area (Å²) in [5.74, 6) is -0.925. The van der Waals surface area contributed by atoms with Crippen LogP contribution >= 0.6 is 0 Å². The molecule has 0 N–H and O–H groups in total. The number of ether oxygens (including phenoxy) is 1. The van der Waals surface area contributed by atoms with E-state index < -0.39 is 18.4 Å². The fraction of sp³-hybridized carbons (Fsp3) is 1.00. The van der Waals surface area contributed by atoms with Crippen LogP contribution in [0.25, 0.3) is 10.4 Å². The highest BCUT2D eigenvalue weighted by Crippen LogP contribution is 2.23. The zero-order valence-electron chi connectivity index (χ0n) is 5.65. The molecule has 0 radical (unpaired) electrons. The van der Waals surface area contributed by atoms with E-state index in [-0.39, 0.29) is 13.2 Å². The van der Waals surface area contributed by atoms with Crippen molar-refractivity contribution in [3.63, 3.8) is 0 Å². The molecule has 0 unspecified atom stereocenters. The lowest BCUT2D eigenvalue weighted by Gasteiger charge is -2.09. The van der Waals surface area contributed by atoms with Crippen molar-refractivity contribution in [3.05, 3.63) is 10.4 Å². The highest BCUT2D eigenvalue weighted by Gasteiger charge is 2.34. The molecule has 0 spiro atoms. The number of nitrogens with zero attached hydrogens (tertiary/aromatic N) is 3. The molecule has 0 aromatic heterocycles. The number of alkyl halides is 2. The Morgan fingerprint density at radius 2 is 2.27 bits per heavy atom. The highest BCUT2D eigenvalue weighted by atomic mass is 19.3. The van der Waals surface area contributed by atoms with Gasteiger partial charge in [0.15, 0.2) is 0 Å². The number of rotatable bonds is 2. The quantitative estimate of drug-likeness (QED) is 0.346. The summed E-state index contributed by atoms with van der Waals surface area (Å²) in [7, 11) is 0. The summed E-state index contributed by atoms with van der Waals surface area (Å²) in [5, 5.41) is 3.20. The van der Waals surface area contributed by atoms with Crippen molar-refractivity contribution in [2.45, 2.75) is 12.5 Å². The molecule has 0 bridgehead atoms. The lowest BCUT2D eigenvalue weighted by molar-refractivity contribution is 0.0626. The van der Waals surface area contributed by atoms with Gasteiger partial charge in [0, 0.05) is 4.91 Å². The molecule has 0 aromatic carbocycles. The Bertz CT molecular complexity index is 181. The molecule has 0 saturated carbocycles. The molecule has 1 aliphatic rings. The Morgan fingerprint density at radius 3 is 2.82 bits per heavy atom. The minimum absolute atomic E-state index is 0.0125. The number of hydrogen-bond donors (Lipinski definition) is 0. The van der Waals surface area contributed by atoms with Gasteiger partial charge in [-0.15, -0.1) is 0 Å². The number of halogens is 2. The number of azide groups is 1. The predicted octanol–water partition coefficient (Wildman–Crippen LogP) is 1.58. The molecule has 1 rings (SSSR count). The van der Waals surface area contributed by atoms with Gasteiger partial charge in [0.25, 0.3) is 0 Å². The zero-order chi connectivity index (χ0) is 8.27. The fourth-order valence-corrected chi connectivity index (χ4v) is 0.986. The van der Waals surface area contributed by atoms with Crippen molar-refractivity contribution in [3.8, 4) is 0 Å². The fourth-order valence-electron chi connectivity index (χ4n) is 0.986. The maximum Gasteiger partial charge on any atom is 0.244 e. The lowest BCUT2D eigenvalue weighted by atomic mass is 10.1. The summed E-state index contributed by atoms with van der Waals surface area (Å²) in [6.07, 6.45) is -2.46. The Morgan fingerprint density at radius 1 is 1.55 bits per heavy atom. The topological polar surface area (TPSA) is 58.0 Å². The molecule has 4 nitrogen and oxygen atoms in total. The van der Waals surface area contributed by atoms with Crippen molar-refractivity contribution < 1.29 is 13.5 Å². The summed E-state index contributed by atoms with van der Waals surface area (Å²) >= 11 is 0. The summed E-state index contributed by atoms with van der Waals surface area (Å²) < 4.78 is 28.8. The van der Waals surface area contributed by atoms with E-state index in [0.717, 1.165) is 0 Å². The van der Waals surface area contributed by atoms with E-state index in [2.05, 4.69) is 10.0 Å². The first-order valence-corrected chi connectivity index (χ1v) is 3.16. The van der Waals surface area contributed by atoms with Crippen LogP contribution in [0, 0.1) is 5.92 Å². The second-order valence-corrected chi connectivity index (χ2v) is 2.31. The summed E-state index contributed by atoms with van der Waals surface area (Å²) in [5.41, 5.74) is 7.98.